The predicted molar refractivity (Wildman–Crippen MR) is 81.7 cm³/mol. The van der Waals surface area contributed by atoms with E-state index in [2.05, 4.69) is 15.8 Å². The molecular weight excluding hydrogens is 306 g/mol. The molecule has 0 fully saturated rings. The van der Waals surface area contributed by atoms with Crippen LogP contribution in [0.3, 0.4) is 0 Å². The number of hydrogen-bond acceptors (Lipinski definition) is 3. The van der Waals surface area contributed by atoms with Crippen molar-refractivity contribution in [1.29, 1.82) is 0 Å². The van der Waals surface area contributed by atoms with E-state index in [-0.39, 0.29) is 5.76 Å². The van der Waals surface area contributed by atoms with Gasteiger partial charge in [-0.3, -0.25) is 20.4 Å². The summed E-state index contributed by atoms with van der Waals surface area (Å²) >= 11 is 6.04. The lowest BCUT2D eigenvalue weighted by atomic mass is 10.1. The Morgan fingerprint density at radius 2 is 1.91 bits per heavy atom. The Labute approximate surface area is 130 Å². The van der Waals surface area contributed by atoms with E-state index >= 15 is 0 Å². The van der Waals surface area contributed by atoms with Gasteiger partial charge >= 0.3 is 5.91 Å². The number of nitrogens with one attached hydrogen (secondary N) is 3. The molecular formula is C15H12ClN3O3. The first-order chi connectivity index (χ1) is 10.6. The molecule has 3 rings (SSSR count). The van der Waals surface area contributed by atoms with Gasteiger partial charge in [0.1, 0.15) is 5.69 Å². The van der Waals surface area contributed by atoms with E-state index in [1.807, 2.05) is 6.07 Å². The highest BCUT2D eigenvalue weighted by atomic mass is 35.5. The molecule has 3 N–H and O–H groups in total. The maximum absolute atomic E-state index is 12.1. The van der Waals surface area contributed by atoms with Gasteiger partial charge < -0.3 is 9.40 Å². The lowest BCUT2D eigenvalue weighted by Gasteiger charge is -2.05. The average Bonchev–Trinajstić information content (AvgIpc) is 3.14. The SMILES string of the molecule is Cc1c(C(=O)NNC(=O)c2ccc[nH]2)oc2c(Cl)cccc12. The van der Waals surface area contributed by atoms with Crippen molar-refractivity contribution in [3.05, 3.63) is 58.6 Å². The molecule has 1 aromatic carbocycles. The predicted octanol–water partition coefficient (Wildman–Crippen LogP) is 2.80. The summed E-state index contributed by atoms with van der Waals surface area (Å²) in [5, 5.41) is 1.18. The molecule has 6 nitrogen and oxygen atoms in total. The number of amides is 2. The zero-order valence-corrected chi connectivity index (χ0v) is 12.3. The molecule has 0 unspecified atom stereocenters. The summed E-state index contributed by atoms with van der Waals surface area (Å²) < 4.78 is 5.51. The number of fused-ring (bicyclic) bond motifs is 1. The van der Waals surface area contributed by atoms with Crippen LogP contribution in [0, 0.1) is 6.92 Å². The number of carbonyl (C=O) groups is 2. The fourth-order valence-corrected chi connectivity index (χ4v) is 2.35. The van der Waals surface area contributed by atoms with Crippen LogP contribution in [-0.2, 0) is 0 Å². The number of benzene rings is 1. The van der Waals surface area contributed by atoms with E-state index < -0.39 is 11.8 Å². The number of carbonyl (C=O) groups excluding carboxylic acids is 2. The van der Waals surface area contributed by atoms with Gasteiger partial charge in [-0.15, -0.1) is 0 Å². The second-order valence-corrected chi connectivity index (χ2v) is 5.07. The molecule has 0 aliphatic rings. The van der Waals surface area contributed by atoms with Crippen molar-refractivity contribution in [2.45, 2.75) is 6.92 Å². The third kappa shape index (κ3) is 2.44. The standard InChI is InChI=1S/C15H12ClN3O3/c1-8-9-4-2-5-10(16)13(9)22-12(8)15(21)19-18-14(20)11-6-3-7-17-11/h2-7,17H,1H3,(H,18,20)(H,19,21). The molecule has 3 aromatic rings. The number of hydrogen-bond donors (Lipinski definition) is 3. The molecule has 0 bridgehead atoms. The summed E-state index contributed by atoms with van der Waals surface area (Å²) in [6.07, 6.45) is 1.61. The number of aryl methyl sites for hydroxylation is 1. The van der Waals surface area contributed by atoms with Crippen LogP contribution in [0.1, 0.15) is 26.6 Å². The van der Waals surface area contributed by atoms with E-state index in [0.29, 0.717) is 21.9 Å². The smallest absolute Gasteiger partial charge is 0.305 e. The summed E-state index contributed by atoms with van der Waals surface area (Å²) in [6, 6.07) is 8.55. The van der Waals surface area contributed by atoms with E-state index in [4.69, 9.17) is 16.0 Å². The quantitative estimate of drug-likeness (QED) is 0.635. The zero-order chi connectivity index (χ0) is 15.7. The minimum absolute atomic E-state index is 0.106. The molecule has 0 aliphatic heterocycles. The molecule has 0 spiro atoms. The first kappa shape index (κ1) is 14.2. The second kappa shape index (κ2) is 5.57. The first-order valence-corrected chi connectivity index (χ1v) is 6.87. The van der Waals surface area contributed by atoms with Gasteiger partial charge in [-0.1, -0.05) is 23.7 Å². The van der Waals surface area contributed by atoms with Crippen molar-refractivity contribution in [2.24, 2.45) is 0 Å². The molecule has 7 heteroatoms. The van der Waals surface area contributed by atoms with Crippen molar-refractivity contribution in [2.75, 3.05) is 0 Å². The molecule has 2 heterocycles. The van der Waals surface area contributed by atoms with Crippen molar-refractivity contribution >= 4 is 34.4 Å². The van der Waals surface area contributed by atoms with E-state index in [0.717, 1.165) is 5.39 Å². The maximum atomic E-state index is 12.1. The van der Waals surface area contributed by atoms with Gasteiger partial charge in [0.15, 0.2) is 11.3 Å². The first-order valence-electron chi connectivity index (χ1n) is 6.49. The van der Waals surface area contributed by atoms with Crippen LogP contribution in [0.5, 0.6) is 0 Å². The highest BCUT2D eigenvalue weighted by Crippen LogP contribution is 2.30. The average molecular weight is 318 g/mol. The molecule has 0 radical (unpaired) electrons. The number of rotatable bonds is 2. The monoisotopic (exact) mass is 317 g/mol. The fourth-order valence-electron chi connectivity index (χ4n) is 2.13. The van der Waals surface area contributed by atoms with Gasteiger partial charge in [0, 0.05) is 17.1 Å². The Morgan fingerprint density at radius 1 is 1.14 bits per heavy atom. The van der Waals surface area contributed by atoms with Crippen LogP contribution < -0.4 is 10.9 Å². The number of hydrazine groups is 1. The molecule has 22 heavy (non-hydrogen) atoms. The van der Waals surface area contributed by atoms with Crippen molar-refractivity contribution in [3.8, 4) is 0 Å². The Hall–Kier alpha value is -2.73. The number of H-pyrrole nitrogens is 1. The maximum Gasteiger partial charge on any atom is 0.305 e. The lowest BCUT2D eigenvalue weighted by molar-refractivity contribution is 0.0829. The van der Waals surface area contributed by atoms with Crippen LogP contribution >= 0.6 is 11.6 Å². The second-order valence-electron chi connectivity index (χ2n) is 4.66. The minimum Gasteiger partial charge on any atom is -0.449 e. The number of halogens is 1. The number of para-hydroxylation sites is 1. The topological polar surface area (TPSA) is 87.1 Å². The van der Waals surface area contributed by atoms with Gasteiger partial charge in [-0.05, 0) is 25.1 Å². The Morgan fingerprint density at radius 3 is 2.59 bits per heavy atom. The third-order valence-electron chi connectivity index (χ3n) is 3.25. The Kier molecular flexibility index (Phi) is 3.60. The molecule has 0 aliphatic carbocycles. The molecule has 0 saturated carbocycles. The van der Waals surface area contributed by atoms with E-state index in [1.54, 1.807) is 37.4 Å². The Bertz CT molecular complexity index is 852. The molecule has 2 aromatic heterocycles. The van der Waals surface area contributed by atoms with Gasteiger partial charge in [0.2, 0.25) is 0 Å². The summed E-state index contributed by atoms with van der Waals surface area (Å²) in [5.41, 5.74) is 6.06. The largest absolute Gasteiger partial charge is 0.449 e. The van der Waals surface area contributed by atoms with Crippen LogP contribution in [0.4, 0.5) is 0 Å². The van der Waals surface area contributed by atoms with Crippen LogP contribution in [-0.4, -0.2) is 16.8 Å². The van der Waals surface area contributed by atoms with Crippen molar-refractivity contribution in [3.63, 3.8) is 0 Å². The zero-order valence-electron chi connectivity index (χ0n) is 11.6. The highest BCUT2D eigenvalue weighted by Gasteiger charge is 2.19. The molecule has 0 saturated heterocycles. The summed E-state index contributed by atoms with van der Waals surface area (Å²) in [7, 11) is 0. The molecule has 112 valence electrons. The molecule has 2 amide bonds. The molecule has 0 atom stereocenters. The lowest BCUT2D eigenvalue weighted by Crippen LogP contribution is -2.41. The number of furan rings is 1. The third-order valence-corrected chi connectivity index (χ3v) is 3.55. The van der Waals surface area contributed by atoms with E-state index in [9.17, 15) is 9.59 Å². The van der Waals surface area contributed by atoms with Gasteiger partial charge in [0.25, 0.3) is 5.91 Å². The summed E-state index contributed by atoms with van der Waals surface area (Å²) in [4.78, 5) is 26.6. The van der Waals surface area contributed by atoms with Crippen molar-refractivity contribution < 1.29 is 14.0 Å². The van der Waals surface area contributed by atoms with Crippen LogP contribution in [0.25, 0.3) is 11.0 Å². The fraction of sp³-hybridized carbons (Fsp3) is 0.0667. The summed E-state index contributed by atoms with van der Waals surface area (Å²) in [6.45, 7) is 1.75. The normalized spacial score (nSPS) is 10.6. The number of aromatic amines is 1. The Balaban J connectivity index is 1.79. The highest BCUT2D eigenvalue weighted by molar-refractivity contribution is 6.35. The minimum atomic E-state index is -0.551. The van der Waals surface area contributed by atoms with Crippen molar-refractivity contribution in [1.82, 2.24) is 15.8 Å². The van der Waals surface area contributed by atoms with E-state index in [1.165, 1.54) is 0 Å². The van der Waals surface area contributed by atoms with Crippen LogP contribution in [0.15, 0.2) is 40.9 Å². The number of aromatic nitrogens is 1. The van der Waals surface area contributed by atoms with Crippen LogP contribution in [0.2, 0.25) is 5.02 Å². The van der Waals surface area contributed by atoms with Gasteiger partial charge in [-0.2, -0.15) is 0 Å². The summed E-state index contributed by atoms with van der Waals surface area (Å²) in [5.74, 6) is -0.898. The van der Waals surface area contributed by atoms with Gasteiger partial charge in [0.05, 0.1) is 5.02 Å². The van der Waals surface area contributed by atoms with Gasteiger partial charge in [-0.25, -0.2) is 0 Å².